The lowest BCUT2D eigenvalue weighted by Gasteiger charge is -2.14. The lowest BCUT2D eigenvalue weighted by molar-refractivity contribution is 0.262. The number of nitrogens with zero attached hydrogens (tertiary/aromatic N) is 1. The molecule has 0 bridgehead atoms. The molecule has 88 valence electrons. The van der Waals surface area contributed by atoms with Crippen LogP contribution in [0.5, 0.6) is 5.75 Å². The Kier molecular flexibility index (Phi) is 4.17. The molecule has 2 nitrogen and oxygen atoms in total. The highest BCUT2D eigenvalue weighted by atomic mass is 19.1. The second kappa shape index (κ2) is 5.85. The minimum atomic E-state index is -0.239. The maximum Gasteiger partial charge on any atom is 0.126 e. The third-order valence-electron chi connectivity index (χ3n) is 2.88. The van der Waals surface area contributed by atoms with Gasteiger partial charge in [0, 0.05) is 12.6 Å². The van der Waals surface area contributed by atoms with Crippen LogP contribution in [-0.4, -0.2) is 31.1 Å². The molecule has 0 spiro atoms. The third-order valence-corrected chi connectivity index (χ3v) is 2.88. The molecular formula is C13H18FNO. The summed E-state index contributed by atoms with van der Waals surface area (Å²) < 4.78 is 18.3. The fraction of sp³-hybridized carbons (Fsp3) is 0.538. The quantitative estimate of drug-likeness (QED) is 0.712. The maximum absolute atomic E-state index is 12.8. The van der Waals surface area contributed by atoms with E-state index in [9.17, 15) is 4.39 Å². The maximum atomic E-state index is 12.8. The summed E-state index contributed by atoms with van der Waals surface area (Å²) in [6.45, 7) is 4.20. The van der Waals surface area contributed by atoms with E-state index >= 15 is 0 Å². The van der Waals surface area contributed by atoms with Gasteiger partial charge in [-0.1, -0.05) is 6.07 Å². The average molecular weight is 223 g/mol. The number of hydrogen-bond donors (Lipinski definition) is 0. The first-order chi connectivity index (χ1) is 7.84. The van der Waals surface area contributed by atoms with Gasteiger partial charge >= 0.3 is 0 Å². The average Bonchev–Trinajstić information content (AvgIpc) is 2.77. The minimum Gasteiger partial charge on any atom is -0.493 e. The van der Waals surface area contributed by atoms with Crippen molar-refractivity contribution in [2.45, 2.75) is 19.3 Å². The zero-order chi connectivity index (χ0) is 11.2. The van der Waals surface area contributed by atoms with Crippen LogP contribution in [0.1, 0.15) is 19.3 Å². The first-order valence-corrected chi connectivity index (χ1v) is 5.95. The lowest BCUT2D eigenvalue weighted by atomic mass is 10.3. The molecule has 0 atom stereocenters. The van der Waals surface area contributed by atoms with E-state index in [0.29, 0.717) is 12.4 Å². The molecule has 0 unspecified atom stereocenters. The van der Waals surface area contributed by atoms with Crippen molar-refractivity contribution in [2.75, 3.05) is 26.2 Å². The number of benzene rings is 1. The van der Waals surface area contributed by atoms with Gasteiger partial charge in [-0.2, -0.15) is 0 Å². The molecular weight excluding hydrogens is 205 g/mol. The molecule has 0 radical (unpaired) electrons. The highest BCUT2D eigenvalue weighted by molar-refractivity contribution is 5.22. The molecule has 1 aliphatic heterocycles. The highest BCUT2D eigenvalue weighted by Crippen LogP contribution is 2.12. The Morgan fingerprint density at radius 3 is 2.81 bits per heavy atom. The molecule has 0 N–H and O–H groups in total. The SMILES string of the molecule is Fc1cccc(OCCCN2CCCC2)c1. The molecule has 3 heteroatoms. The zero-order valence-electron chi connectivity index (χ0n) is 9.49. The van der Waals surface area contributed by atoms with Crippen LogP contribution in [0.25, 0.3) is 0 Å². The number of ether oxygens (including phenoxy) is 1. The fourth-order valence-corrected chi connectivity index (χ4v) is 2.04. The topological polar surface area (TPSA) is 12.5 Å². The Hall–Kier alpha value is -1.09. The summed E-state index contributed by atoms with van der Waals surface area (Å²) in [5.74, 6) is 0.387. The standard InChI is InChI=1S/C13H18FNO/c14-12-5-3-6-13(11-12)16-10-4-9-15-7-1-2-8-15/h3,5-6,11H,1-2,4,7-10H2. The summed E-state index contributed by atoms with van der Waals surface area (Å²) in [4.78, 5) is 2.45. The van der Waals surface area contributed by atoms with E-state index in [1.165, 1.54) is 38.1 Å². The molecule has 1 aromatic carbocycles. The highest BCUT2D eigenvalue weighted by Gasteiger charge is 2.10. The van der Waals surface area contributed by atoms with Gasteiger partial charge in [-0.15, -0.1) is 0 Å². The van der Waals surface area contributed by atoms with E-state index in [0.717, 1.165) is 13.0 Å². The van der Waals surface area contributed by atoms with Crippen LogP contribution in [0.4, 0.5) is 4.39 Å². The minimum absolute atomic E-state index is 0.239. The van der Waals surface area contributed by atoms with E-state index in [1.807, 2.05) is 0 Å². The summed E-state index contributed by atoms with van der Waals surface area (Å²) in [6.07, 6.45) is 3.66. The molecule has 0 aromatic heterocycles. The van der Waals surface area contributed by atoms with Gasteiger partial charge in [-0.3, -0.25) is 0 Å². The summed E-state index contributed by atoms with van der Waals surface area (Å²) in [7, 11) is 0. The van der Waals surface area contributed by atoms with Crippen LogP contribution >= 0.6 is 0 Å². The van der Waals surface area contributed by atoms with Gasteiger partial charge in [0.05, 0.1) is 6.61 Å². The van der Waals surface area contributed by atoms with Gasteiger partial charge in [0.25, 0.3) is 0 Å². The number of rotatable bonds is 5. The molecule has 2 rings (SSSR count). The molecule has 1 aromatic rings. The normalized spacial score (nSPS) is 16.6. The Labute approximate surface area is 96.0 Å². The monoisotopic (exact) mass is 223 g/mol. The van der Waals surface area contributed by atoms with Crippen molar-refractivity contribution in [3.05, 3.63) is 30.1 Å². The van der Waals surface area contributed by atoms with E-state index in [2.05, 4.69) is 4.90 Å². The molecule has 1 saturated heterocycles. The van der Waals surface area contributed by atoms with Crippen LogP contribution in [-0.2, 0) is 0 Å². The summed E-state index contributed by atoms with van der Waals surface area (Å²) >= 11 is 0. The van der Waals surface area contributed by atoms with Crippen LogP contribution in [0, 0.1) is 5.82 Å². The summed E-state index contributed by atoms with van der Waals surface area (Å²) in [5.41, 5.74) is 0. The van der Waals surface area contributed by atoms with Crippen molar-refractivity contribution >= 4 is 0 Å². The van der Waals surface area contributed by atoms with Gasteiger partial charge in [-0.25, -0.2) is 4.39 Å². The Morgan fingerprint density at radius 2 is 2.06 bits per heavy atom. The Balaban J connectivity index is 1.64. The van der Waals surface area contributed by atoms with E-state index in [4.69, 9.17) is 4.74 Å². The van der Waals surface area contributed by atoms with Crippen molar-refractivity contribution in [3.8, 4) is 5.75 Å². The van der Waals surface area contributed by atoms with Crippen LogP contribution in [0.2, 0.25) is 0 Å². The second-order valence-corrected chi connectivity index (χ2v) is 4.21. The number of hydrogen-bond acceptors (Lipinski definition) is 2. The van der Waals surface area contributed by atoms with Gasteiger partial charge in [0.2, 0.25) is 0 Å². The Bertz CT molecular complexity index is 323. The van der Waals surface area contributed by atoms with E-state index < -0.39 is 0 Å². The fourth-order valence-electron chi connectivity index (χ4n) is 2.04. The van der Waals surface area contributed by atoms with Gasteiger partial charge in [0.15, 0.2) is 0 Å². The number of likely N-dealkylation sites (tertiary alicyclic amines) is 1. The van der Waals surface area contributed by atoms with Crippen LogP contribution in [0.3, 0.4) is 0 Å². The van der Waals surface area contributed by atoms with Crippen molar-refractivity contribution in [1.29, 1.82) is 0 Å². The first-order valence-electron chi connectivity index (χ1n) is 5.95. The van der Waals surface area contributed by atoms with Crippen molar-refractivity contribution in [2.24, 2.45) is 0 Å². The van der Waals surface area contributed by atoms with Crippen LogP contribution < -0.4 is 4.74 Å². The predicted octanol–water partition coefficient (Wildman–Crippen LogP) is 2.69. The van der Waals surface area contributed by atoms with Gasteiger partial charge < -0.3 is 9.64 Å². The first kappa shape index (κ1) is 11.4. The summed E-state index contributed by atoms with van der Waals surface area (Å²) in [6, 6.07) is 6.32. The molecule has 1 fully saturated rings. The van der Waals surface area contributed by atoms with E-state index in [1.54, 1.807) is 12.1 Å². The van der Waals surface area contributed by atoms with Crippen molar-refractivity contribution < 1.29 is 9.13 Å². The molecule has 0 aliphatic carbocycles. The molecule has 16 heavy (non-hydrogen) atoms. The predicted molar refractivity (Wildman–Crippen MR) is 62.2 cm³/mol. The van der Waals surface area contributed by atoms with Gasteiger partial charge in [0.1, 0.15) is 11.6 Å². The molecule has 0 amide bonds. The Morgan fingerprint density at radius 1 is 1.25 bits per heavy atom. The molecule has 1 aliphatic rings. The van der Waals surface area contributed by atoms with Crippen molar-refractivity contribution in [3.63, 3.8) is 0 Å². The zero-order valence-corrected chi connectivity index (χ0v) is 9.49. The summed E-state index contributed by atoms with van der Waals surface area (Å²) in [5, 5.41) is 0. The number of halogens is 1. The largest absolute Gasteiger partial charge is 0.493 e. The van der Waals surface area contributed by atoms with E-state index in [-0.39, 0.29) is 5.82 Å². The third kappa shape index (κ3) is 3.49. The smallest absolute Gasteiger partial charge is 0.126 e. The van der Waals surface area contributed by atoms with Crippen LogP contribution in [0.15, 0.2) is 24.3 Å². The molecule has 0 saturated carbocycles. The molecule has 1 heterocycles. The van der Waals surface area contributed by atoms with Crippen molar-refractivity contribution in [1.82, 2.24) is 4.90 Å². The lowest BCUT2D eigenvalue weighted by Crippen LogP contribution is -2.21. The second-order valence-electron chi connectivity index (χ2n) is 4.21. The van der Waals surface area contributed by atoms with Gasteiger partial charge in [-0.05, 0) is 44.5 Å².